The van der Waals surface area contributed by atoms with Crippen LogP contribution < -0.4 is 16.8 Å². The molecule has 9 heteroatoms. The Morgan fingerprint density at radius 3 is 2.52 bits per heavy atom. The molecule has 1 amide bonds. The number of fused-ring (bicyclic) bond motifs is 1. The molecule has 5 N–H and O–H groups in total. The van der Waals surface area contributed by atoms with Gasteiger partial charge in [-0.15, -0.1) is 11.3 Å². The van der Waals surface area contributed by atoms with E-state index >= 15 is 0 Å². The summed E-state index contributed by atoms with van der Waals surface area (Å²) in [6.07, 6.45) is 0. The maximum Gasteiger partial charge on any atom is 0.263 e. The number of benzene rings is 2. The number of nitrogens with zero attached hydrogens (tertiary/aromatic N) is 2. The summed E-state index contributed by atoms with van der Waals surface area (Å²) in [5, 5.41) is 4.25. The summed E-state index contributed by atoms with van der Waals surface area (Å²) in [7, 11) is 0. The van der Waals surface area contributed by atoms with Gasteiger partial charge in [-0.1, -0.05) is 59.6 Å². The molecule has 0 aliphatic carbocycles. The van der Waals surface area contributed by atoms with Gasteiger partial charge in [-0.2, -0.15) is 0 Å². The van der Waals surface area contributed by atoms with Crippen LogP contribution in [0.4, 0.5) is 11.6 Å². The summed E-state index contributed by atoms with van der Waals surface area (Å²) in [6, 6.07) is 14.7. The number of hydrogen-bond donors (Lipinski definition) is 3. The highest BCUT2D eigenvalue weighted by Gasteiger charge is 2.22. The topological polar surface area (TPSA) is 107 Å². The predicted octanol–water partition coefficient (Wildman–Crippen LogP) is 4.76. The molecular weight excluding hydrogens is 429 g/mol. The van der Waals surface area contributed by atoms with Gasteiger partial charge in [-0.3, -0.25) is 4.79 Å². The first-order chi connectivity index (χ1) is 13.9. The molecule has 4 rings (SSSR count). The van der Waals surface area contributed by atoms with E-state index in [1.807, 2.05) is 30.3 Å². The molecule has 2 heterocycles. The van der Waals surface area contributed by atoms with Crippen LogP contribution in [0.2, 0.25) is 10.0 Å². The fraction of sp³-hybridized carbons (Fsp3) is 0.0500. The Morgan fingerprint density at radius 2 is 1.79 bits per heavy atom. The van der Waals surface area contributed by atoms with Crippen molar-refractivity contribution in [2.24, 2.45) is 0 Å². The zero-order chi connectivity index (χ0) is 20.5. The van der Waals surface area contributed by atoms with Crippen LogP contribution in [0, 0.1) is 0 Å². The molecule has 2 aromatic carbocycles. The molecule has 6 nitrogen and oxygen atoms in total. The van der Waals surface area contributed by atoms with Crippen LogP contribution >= 0.6 is 34.5 Å². The molecule has 0 spiro atoms. The molecule has 2 aromatic heterocycles. The van der Waals surface area contributed by atoms with Crippen molar-refractivity contribution in [2.45, 2.75) is 6.54 Å². The van der Waals surface area contributed by atoms with E-state index < -0.39 is 0 Å². The van der Waals surface area contributed by atoms with E-state index in [1.54, 1.807) is 18.2 Å². The van der Waals surface area contributed by atoms with Gasteiger partial charge in [-0.25, -0.2) is 9.97 Å². The van der Waals surface area contributed by atoms with E-state index in [0.717, 1.165) is 5.56 Å². The number of carbonyl (C=O) groups is 1. The van der Waals surface area contributed by atoms with E-state index in [1.165, 1.54) is 11.3 Å². The third-order valence-corrected chi connectivity index (χ3v) is 6.14. The van der Waals surface area contributed by atoms with E-state index in [0.29, 0.717) is 48.6 Å². The van der Waals surface area contributed by atoms with Crippen molar-refractivity contribution >= 4 is 62.3 Å². The van der Waals surface area contributed by atoms with Crippen molar-refractivity contribution in [1.82, 2.24) is 15.3 Å². The molecule has 0 bridgehead atoms. The first-order valence-corrected chi connectivity index (χ1v) is 10.1. The normalized spacial score (nSPS) is 11.0. The van der Waals surface area contributed by atoms with Gasteiger partial charge in [0, 0.05) is 12.1 Å². The largest absolute Gasteiger partial charge is 0.397 e. The minimum Gasteiger partial charge on any atom is -0.397 e. The number of halogens is 2. The van der Waals surface area contributed by atoms with Crippen molar-refractivity contribution in [3.8, 4) is 11.3 Å². The van der Waals surface area contributed by atoms with Crippen LogP contribution in [-0.2, 0) is 6.54 Å². The number of rotatable bonds is 4. The van der Waals surface area contributed by atoms with Gasteiger partial charge in [0.25, 0.3) is 5.91 Å². The fourth-order valence-electron chi connectivity index (χ4n) is 2.92. The first-order valence-electron chi connectivity index (χ1n) is 8.57. The second kappa shape index (κ2) is 7.87. The molecule has 0 saturated heterocycles. The summed E-state index contributed by atoms with van der Waals surface area (Å²) in [6.45, 7) is 0.390. The third kappa shape index (κ3) is 3.85. The monoisotopic (exact) mass is 443 g/mol. The Labute approximate surface area is 180 Å². The Balaban J connectivity index is 1.75. The highest BCUT2D eigenvalue weighted by Crippen LogP contribution is 2.39. The molecule has 0 fully saturated rings. The van der Waals surface area contributed by atoms with Crippen LogP contribution in [0.25, 0.3) is 21.5 Å². The van der Waals surface area contributed by atoms with Crippen LogP contribution in [-0.4, -0.2) is 15.9 Å². The van der Waals surface area contributed by atoms with Crippen LogP contribution in [0.15, 0.2) is 48.5 Å². The zero-order valence-electron chi connectivity index (χ0n) is 14.9. The average molecular weight is 444 g/mol. The van der Waals surface area contributed by atoms with Gasteiger partial charge in [0.05, 0.1) is 26.8 Å². The van der Waals surface area contributed by atoms with Crippen LogP contribution in [0.5, 0.6) is 0 Å². The fourth-order valence-corrected chi connectivity index (χ4v) is 4.23. The molecule has 0 saturated carbocycles. The van der Waals surface area contributed by atoms with E-state index in [9.17, 15) is 4.79 Å². The quantitative estimate of drug-likeness (QED) is 0.421. The minimum absolute atomic E-state index is 0.0797. The predicted molar refractivity (Wildman–Crippen MR) is 119 cm³/mol. The molecule has 0 atom stereocenters. The number of nitrogens with two attached hydrogens (primary N) is 2. The maximum absolute atomic E-state index is 12.7. The van der Waals surface area contributed by atoms with E-state index in [2.05, 4.69) is 15.3 Å². The second-order valence-electron chi connectivity index (χ2n) is 6.25. The van der Waals surface area contributed by atoms with Crippen molar-refractivity contribution in [3.63, 3.8) is 0 Å². The van der Waals surface area contributed by atoms with E-state index in [-0.39, 0.29) is 11.9 Å². The lowest BCUT2D eigenvalue weighted by Gasteiger charge is -2.07. The summed E-state index contributed by atoms with van der Waals surface area (Å²) in [5.41, 5.74) is 14.7. The minimum atomic E-state index is -0.284. The molecule has 29 heavy (non-hydrogen) atoms. The standard InChI is InChI=1S/C20H15Cl2N5OS/c21-12-7-6-11(8-13(12)22)16-14-15(23)17(29-19(14)27-20(24)26-16)18(28)25-9-10-4-2-1-3-5-10/h1-8H,9,23H2,(H,25,28)(H2,24,26,27). The summed E-state index contributed by atoms with van der Waals surface area (Å²) in [4.78, 5) is 22.2. The number of hydrogen-bond acceptors (Lipinski definition) is 6. The Kier molecular flexibility index (Phi) is 5.27. The third-order valence-electron chi connectivity index (χ3n) is 4.30. The number of anilines is 2. The summed E-state index contributed by atoms with van der Waals surface area (Å²) >= 11 is 13.3. The highest BCUT2D eigenvalue weighted by molar-refractivity contribution is 7.21. The number of carbonyl (C=O) groups excluding carboxylic acids is 1. The first kappa shape index (κ1) is 19.4. The van der Waals surface area contributed by atoms with Gasteiger partial charge >= 0.3 is 0 Å². The molecule has 4 aromatic rings. The van der Waals surface area contributed by atoms with Gasteiger partial charge in [-0.05, 0) is 17.7 Å². The van der Waals surface area contributed by atoms with Gasteiger partial charge in [0.15, 0.2) is 0 Å². The van der Waals surface area contributed by atoms with Crippen molar-refractivity contribution in [2.75, 3.05) is 11.5 Å². The van der Waals surface area contributed by atoms with Crippen molar-refractivity contribution < 1.29 is 4.79 Å². The number of aromatic nitrogens is 2. The molecule has 0 radical (unpaired) electrons. The Morgan fingerprint density at radius 1 is 1.03 bits per heavy atom. The number of nitrogen functional groups attached to an aromatic ring is 2. The molecule has 0 aliphatic heterocycles. The SMILES string of the molecule is Nc1nc(-c2ccc(Cl)c(Cl)c2)c2c(N)c(C(=O)NCc3ccccc3)sc2n1. The lowest BCUT2D eigenvalue weighted by molar-refractivity contribution is 0.0956. The molecule has 0 aliphatic rings. The van der Waals surface area contributed by atoms with Gasteiger partial charge in [0.2, 0.25) is 5.95 Å². The number of nitrogens with one attached hydrogen (secondary N) is 1. The lowest BCUT2D eigenvalue weighted by atomic mass is 10.1. The highest BCUT2D eigenvalue weighted by atomic mass is 35.5. The summed E-state index contributed by atoms with van der Waals surface area (Å²) in [5.74, 6) is -0.205. The number of amides is 1. The Bertz CT molecular complexity index is 1230. The number of thiophene rings is 1. The average Bonchev–Trinajstić information content (AvgIpc) is 3.04. The van der Waals surface area contributed by atoms with E-state index in [4.69, 9.17) is 34.7 Å². The maximum atomic E-state index is 12.7. The molecule has 0 unspecified atom stereocenters. The van der Waals surface area contributed by atoms with Gasteiger partial charge < -0.3 is 16.8 Å². The van der Waals surface area contributed by atoms with Crippen molar-refractivity contribution in [1.29, 1.82) is 0 Å². The van der Waals surface area contributed by atoms with Crippen molar-refractivity contribution in [3.05, 3.63) is 69.0 Å². The summed E-state index contributed by atoms with van der Waals surface area (Å²) < 4.78 is 0. The van der Waals surface area contributed by atoms with Gasteiger partial charge in [0.1, 0.15) is 9.71 Å². The molecular formula is C20H15Cl2N5OS. The zero-order valence-corrected chi connectivity index (χ0v) is 17.3. The lowest BCUT2D eigenvalue weighted by Crippen LogP contribution is -2.22. The van der Waals surface area contributed by atoms with Crippen LogP contribution in [0.1, 0.15) is 15.2 Å². The molecule has 146 valence electrons. The van der Waals surface area contributed by atoms with Crippen LogP contribution in [0.3, 0.4) is 0 Å². The smallest absolute Gasteiger partial charge is 0.263 e. The Hall–Kier alpha value is -2.87. The second-order valence-corrected chi connectivity index (χ2v) is 8.07.